The van der Waals surface area contributed by atoms with E-state index in [0.29, 0.717) is 22.9 Å². The van der Waals surface area contributed by atoms with Crippen LogP contribution in [-0.4, -0.2) is 9.97 Å². The fourth-order valence-electron chi connectivity index (χ4n) is 2.17. The van der Waals surface area contributed by atoms with Gasteiger partial charge >= 0.3 is 0 Å². The molecule has 24 heavy (non-hydrogen) atoms. The Morgan fingerprint density at radius 1 is 0.583 bits per heavy atom. The molecular weight excluding hydrogens is 328 g/mol. The van der Waals surface area contributed by atoms with Crippen LogP contribution < -0.4 is 0 Å². The zero-order valence-corrected chi connectivity index (χ0v) is 13.2. The van der Waals surface area contributed by atoms with E-state index in [0.717, 1.165) is 0 Å². The lowest BCUT2D eigenvalue weighted by Gasteiger charge is -2.08. The lowest BCUT2D eigenvalue weighted by molar-refractivity contribution is 0.429. The molecule has 0 aliphatic carbocycles. The van der Waals surface area contributed by atoms with Crippen molar-refractivity contribution in [2.75, 3.05) is 0 Å². The van der Waals surface area contributed by atoms with E-state index in [2.05, 4.69) is 9.97 Å². The first kappa shape index (κ1) is 16.2. The maximum atomic E-state index is 14.8. The number of oxazole rings is 2. The van der Waals surface area contributed by atoms with Crippen LogP contribution in [0.2, 0.25) is 0 Å². The van der Waals surface area contributed by atoms with Crippen molar-refractivity contribution < 1.29 is 26.4 Å². The average Bonchev–Trinajstić information content (AvgIpc) is 3.00. The normalized spacial score (nSPS) is 11.3. The van der Waals surface area contributed by atoms with Crippen LogP contribution in [0.15, 0.2) is 8.83 Å². The van der Waals surface area contributed by atoms with Crippen LogP contribution in [0.25, 0.3) is 22.9 Å². The highest BCUT2D eigenvalue weighted by atomic mass is 19.2. The molecule has 0 saturated carbocycles. The molecule has 0 radical (unpaired) electrons. The van der Waals surface area contributed by atoms with Gasteiger partial charge in [0.15, 0.2) is 23.3 Å². The third kappa shape index (κ3) is 2.29. The van der Waals surface area contributed by atoms with Crippen LogP contribution in [0.1, 0.15) is 22.9 Å². The number of nitrogens with zero attached hydrogens (tertiary/aromatic N) is 2. The number of halogens is 4. The minimum Gasteiger partial charge on any atom is -0.441 e. The molecule has 4 nitrogen and oxygen atoms in total. The first-order chi connectivity index (χ1) is 11.2. The Labute approximate surface area is 134 Å². The van der Waals surface area contributed by atoms with E-state index < -0.39 is 46.2 Å². The van der Waals surface area contributed by atoms with E-state index in [1.165, 1.54) is 13.8 Å². The summed E-state index contributed by atoms with van der Waals surface area (Å²) in [4.78, 5) is 7.69. The fraction of sp³-hybridized carbons (Fsp3) is 0.250. The third-order valence-electron chi connectivity index (χ3n) is 3.75. The van der Waals surface area contributed by atoms with Crippen molar-refractivity contribution >= 4 is 0 Å². The van der Waals surface area contributed by atoms with E-state index in [1.807, 2.05) is 0 Å². The van der Waals surface area contributed by atoms with E-state index in [9.17, 15) is 17.6 Å². The van der Waals surface area contributed by atoms with Gasteiger partial charge in [-0.1, -0.05) is 0 Å². The molecule has 3 aromatic rings. The maximum absolute atomic E-state index is 14.8. The standard InChI is InChI=1S/C16H12F4N2O2/c1-5-7(3)23-15(21-5)9-11(17)10(13(19)14(20)12(9)18)16-22-6(2)8(4)24-16/h1-4H3. The smallest absolute Gasteiger partial charge is 0.232 e. The van der Waals surface area contributed by atoms with E-state index in [1.54, 1.807) is 13.8 Å². The SMILES string of the molecule is Cc1nc(-c2c(F)c(F)c(F)c(-c3nc(C)c(C)o3)c2F)oc1C. The molecule has 0 spiro atoms. The molecule has 0 fully saturated rings. The van der Waals surface area contributed by atoms with Crippen LogP contribution >= 0.6 is 0 Å². The van der Waals surface area contributed by atoms with E-state index >= 15 is 0 Å². The van der Waals surface area contributed by atoms with Crippen molar-refractivity contribution in [3.8, 4) is 22.9 Å². The van der Waals surface area contributed by atoms with Crippen molar-refractivity contribution in [1.29, 1.82) is 0 Å². The summed E-state index contributed by atoms with van der Waals surface area (Å²) < 4.78 is 67.3. The second-order valence-corrected chi connectivity index (χ2v) is 5.33. The van der Waals surface area contributed by atoms with Gasteiger partial charge in [-0.3, -0.25) is 0 Å². The molecule has 2 aromatic heterocycles. The molecule has 0 saturated heterocycles. The quantitative estimate of drug-likeness (QED) is 0.382. The van der Waals surface area contributed by atoms with Crippen molar-refractivity contribution in [2.24, 2.45) is 0 Å². The monoisotopic (exact) mass is 340 g/mol. The summed E-state index contributed by atoms with van der Waals surface area (Å²) in [5, 5.41) is 0. The number of benzene rings is 1. The maximum Gasteiger partial charge on any atom is 0.232 e. The van der Waals surface area contributed by atoms with Gasteiger partial charge in [0.25, 0.3) is 0 Å². The Kier molecular flexibility index (Phi) is 3.70. The van der Waals surface area contributed by atoms with E-state index in [4.69, 9.17) is 8.83 Å². The van der Waals surface area contributed by atoms with Gasteiger partial charge in [-0.25, -0.2) is 27.5 Å². The summed E-state index contributed by atoms with van der Waals surface area (Å²) in [6, 6.07) is 0. The third-order valence-corrected chi connectivity index (χ3v) is 3.75. The molecule has 0 N–H and O–H groups in total. The zero-order valence-electron chi connectivity index (χ0n) is 13.2. The molecule has 1 aromatic carbocycles. The van der Waals surface area contributed by atoms with Gasteiger partial charge in [0.05, 0.1) is 11.4 Å². The number of rotatable bonds is 2. The molecule has 2 heterocycles. The van der Waals surface area contributed by atoms with Crippen LogP contribution in [0, 0.1) is 51.0 Å². The minimum atomic E-state index is -1.86. The molecule has 0 aliphatic rings. The van der Waals surface area contributed by atoms with Gasteiger partial charge < -0.3 is 8.83 Å². The lowest BCUT2D eigenvalue weighted by Crippen LogP contribution is -2.04. The predicted molar refractivity (Wildman–Crippen MR) is 76.2 cm³/mol. The molecule has 0 amide bonds. The van der Waals surface area contributed by atoms with Crippen molar-refractivity contribution in [3.05, 3.63) is 46.2 Å². The van der Waals surface area contributed by atoms with Gasteiger partial charge in [-0.2, -0.15) is 0 Å². The molecule has 0 bridgehead atoms. The fourth-order valence-corrected chi connectivity index (χ4v) is 2.17. The molecule has 3 rings (SSSR count). The topological polar surface area (TPSA) is 52.1 Å². The highest BCUT2D eigenvalue weighted by Crippen LogP contribution is 2.37. The highest BCUT2D eigenvalue weighted by molar-refractivity contribution is 5.68. The molecular formula is C16H12F4N2O2. The summed E-state index contributed by atoms with van der Waals surface area (Å²) in [5.41, 5.74) is -1.07. The second kappa shape index (κ2) is 5.47. The first-order valence-electron chi connectivity index (χ1n) is 6.97. The minimum absolute atomic E-state index is 0.304. The van der Waals surface area contributed by atoms with Crippen molar-refractivity contribution in [3.63, 3.8) is 0 Å². The Bertz CT molecular complexity index is 847. The number of hydrogen-bond acceptors (Lipinski definition) is 4. The summed E-state index contributed by atoms with van der Waals surface area (Å²) >= 11 is 0. The van der Waals surface area contributed by atoms with E-state index in [-0.39, 0.29) is 0 Å². The molecule has 0 unspecified atom stereocenters. The number of aromatic nitrogens is 2. The van der Waals surface area contributed by atoms with Crippen LogP contribution in [0.4, 0.5) is 17.6 Å². The van der Waals surface area contributed by atoms with Gasteiger partial charge in [0, 0.05) is 0 Å². The Balaban J connectivity index is 2.35. The molecule has 126 valence electrons. The number of aryl methyl sites for hydroxylation is 4. The van der Waals surface area contributed by atoms with Crippen LogP contribution in [-0.2, 0) is 0 Å². The van der Waals surface area contributed by atoms with Gasteiger partial charge in [-0.05, 0) is 27.7 Å². The van der Waals surface area contributed by atoms with Gasteiger partial charge in [-0.15, -0.1) is 0 Å². The summed E-state index contributed by atoms with van der Waals surface area (Å²) in [6.07, 6.45) is 0. The largest absolute Gasteiger partial charge is 0.441 e. The average molecular weight is 340 g/mol. The summed E-state index contributed by atoms with van der Waals surface area (Å²) in [7, 11) is 0. The summed E-state index contributed by atoms with van der Waals surface area (Å²) in [6.45, 7) is 6.17. The number of hydrogen-bond donors (Lipinski definition) is 0. The Morgan fingerprint density at radius 2 is 0.958 bits per heavy atom. The van der Waals surface area contributed by atoms with Gasteiger partial charge in [0.2, 0.25) is 11.8 Å². The summed E-state index contributed by atoms with van der Waals surface area (Å²) in [5.74, 6) is -7.07. The van der Waals surface area contributed by atoms with Crippen LogP contribution in [0.3, 0.4) is 0 Å². The second-order valence-electron chi connectivity index (χ2n) is 5.33. The molecule has 0 aliphatic heterocycles. The van der Waals surface area contributed by atoms with Crippen molar-refractivity contribution in [1.82, 2.24) is 9.97 Å². The highest BCUT2D eigenvalue weighted by Gasteiger charge is 2.32. The Morgan fingerprint density at radius 3 is 1.25 bits per heavy atom. The van der Waals surface area contributed by atoms with Crippen LogP contribution in [0.5, 0.6) is 0 Å². The van der Waals surface area contributed by atoms with Gasteiger partial charge in [0.1, 0.15) is 22.6 Å². The lowest BCUT2D eigenvalue weighted by atomic mass is 10.1. The zero-order chi connectivity index (χ0) is 17.8. The predicted octanol–water partition coefficient (Wildman–Crippen LogP) is 4.79. The first-order valence-corrected chi connectivity index (χ1v) is 6.97. The molecule has 8 heteroatoms. The van der Waals surface area contributed by atoms with Crippen molar-refractivity contribution in [2.45, 2.75) is 27.7 Å². The molecule has 0 atom stereocenters. The Hall–Kier alpha value is -2.64.